The summed E-state index contributed by atoms with van der Waals surface area (Å²) in [4.78, 5) is 0. The summed E-state index contributed by atoms with van der Waals surface area (Å²) in [5, 5.41) is 16.2. The molecular formula is C11H6N4. The maximum atomic E-state index is 8.63. The fourth-order valence-electron chi connectivity index (χ4n) is 1.14. The average molecular weight is 194 g/mol. The van der Waals surface area contributed by atoms with E-state index in [1.165, 1.54) is 0 Å². The largest absolute Gasteiger partial charge is 0.219 e. The normalized spacial score (nSPS) is 9.20. The van der Waals surface area contributed by atoms with Crippen molar-refractivity contribution in [2.45, 2.75) is 0 Å². The zero-order chi connectivity index (χ0) is 10.7. The van der Waals surface area contributed by atoms with Gasteiger partial charge >= 0.3 is 0 Å². The first-order valence-corrected chi connectivity index (χ1v) is 4.23. The number of rotatable bonds is 1. The van der Waals surface area contributed by atoms with Gasteiger partial charge in [0.2, 0.25) is 0 Å². The van der Waals surface area contributed by atoms with Crippen molar-refractivity contribution in [2.24, 2.45) is 0 Å². The zero-order valence-electron chi connectivity index (χ0n) is 7.75. The van der Waals surface area contributed by atoms with E-state index < -0.39 is 0 Å². The van der Waals surface area contributed by atoms with Gasteiger partial charge in [0.1, 0.15) is 0 Å². The highest BCUT2D eigenvalue weighted by Gasteiger charge is 2.00. The first kappa shape index (κ1) is 8.98. The van der Waals surface area contributed by atoms with E-state index in [1.54, 1.807) is 35.1 Å². The predicted molar refractivity (Wildman–Crippen MR) is 54.0 cm³/mol. The number of benzene rings is 1. The van der Waals surface area contributed by atoms with Crippen LogP contribution in [0.5, 0.6) is 0 Å². The van der Waals surface area contributed by atoms with Gasteiger partial charge in [-0.25, -0.2) is 4.68 Å². The van der Waals surface area contributed by atoms with Crippen LogP contribution in [0.15, 0.2) is 30.5 Å². The molecule has 1 aromatic heterocycles. The molecule has 0 unspecified atom stereocenters. The third kappa shape index (κ3) is 1.70. The smallest absolute Gasteiger partial charge is 0.155 e. The van der Waals surface area contributed by atoms with Gasteiger partial charge in [-0.3, -0.25) is 0 Å². The Balaban J connectivity index is 2.39. The van der Waals surface area contributed by atoms with Crippen LogP contribution >= 0.6 is 0 Å². The Labute approximate surface area is 86.8 Å². The highest BCUT2D eigenvalue weighted by Crippen LogP contribution is 2.07. The molecule has 0 atom stereocenters. The Morgan fingerprint density at radius 2 is 2.00 bits per heavy atom. The van der Waals surface area contributed by atoms with Crippen molar-refractivity contribution in [3.05, 3.63) is 41.7 Å². The van der Waals surface area contributed by atoms with Crippen molar-refractivity contribution in [1.82, 2.24) is 15.0 Å². The van der Waals surface area contributed by atoms with Crippen LogP contribution in [-0.4, -0.2) is 15.0 Å². The molecule has 0 aliphatic rings. The lowest BCUT2D eigenvalue weighted by Gasteiger charge is -1.98. The van der Waals surface area contributed by atoms with Gasteiger partial charge in [0.05, 0.1) is 23.5 Å². The first-order chi connectivity index (χ1) is 7.33. The van der Waals surface area contributed by atoms with E-state index in [0.29, 0.717) is 11.3 Å². The van der Waals surface area contributed by atoms with Gasteiger partial charge in [0.25, 0.3) is 0 Å². The Kier molecular flexibility index (Phi) is 2.19. The summed E-state index contributed by atoms with van der Waals surface area (Å²) in [5.74, 6) is 2.39. The van der Waals surface area contributed by atoms with Crippen molar-refractivity contribution in [2.75, 3.05) is 0 Å². The summed E-state index contributed by atoms with van der Waals surface area (Å²) in [6, 6.07) is 9.04. The fourth-order valence-corrected chi connectivity index (χ4v) is 1.14. The van der Waals surface area contributed by atoms with E-state index in [-0.39, 0.29) is 0 Å². The van der Waals surface area contributed by atoms with Gasteiger partial charge in [-0.05, 0) is 30.2 Å². The second-order valence-corrected chi connectivity index (χ2v) is 2.85. The molecule has 0 radical (unpaired) electrons. The maximum absolute atomic E-state index is 8.63. The quantitative estimate of drug-likeness (QED) is 0.639. The number of nitriles is 1. The second kappa shape index (κ2) is 3.65. The van der Waals surface area contributed by atoms with E-state index in [2.05, 4.69) is 16.2 Å². The molecule has 1 heterocycles. The van der Waals surface area contributed by atoms with E-state index in [4.69, 9.17) is 11.7 Å². The molecule has 70 valence electrons. The molecule has 2 aromatic rings. The Hall–Kier alpha value is -2.59. The summed E-state index contributed by atoms with van der Waals surface area (Å²) in [5.41, 5.74) is 1.92. The van der Waals surface area contributed by atoms with Gasteiger partial charge in [-0.1, -0.05) is 5.21 Å². The highest BCUT2D eigenvalue weighted by molar-refractivity contribution is 5.39. The number of hydrogen-bond donors (Lipinski definition) is 0. The molecule has 0 amide bonds. The van der Waals surface area contributed by atoms with Crippen LogP contribution < -0.4 is 0 Å². The highest BCUT2D eigenvalue weighted by atomic mass is 15.4. The maximum Gasteiger partial charge on any atom is 0.155 e. The average Bonchev–Trinajstić information content (AvgIpc) is 2.78. The minimum atomic E-state index is 0.486. The molecular weight excluding hydrogens is 188 g/mol. The lowest BCUT2D eigenvalue weighted by atomic mass is 10.2. The van der Waals surface area contributed by atoms with Crippen LogP contribution in [0.2, 0.25) is 0 Å². The summed E-state index contributed by atoms with van der Waals surface area (Å²) < 4.78 is 1.57. The van der Waals surface area contributed by atoms with Crippen LogP contribution in [0.25, 0.3) is 5.69 Å². The Morgan fingerprint density at radius 1 is 1.27 bits per heavy atom. The van der Waals surface area contributed by atoms with Gasteiger partial charge in [-0.2, -0.15) is 5.26 Å². The number of terminal acetylenes is 1. The van der Waals surface area contributed by atoms with Crippen LogP contribution in [0.1, 0.15) is 11.3 Å². The lowest BCUT2D eigenvalue weighted by molar-refractivity contribution is 0.802. The van der Waals surface area contributed by atoms with Crippen LogP contribution in [0.4, 0.5) is 0 Å². The molecule has 0 bridgehead atoms. The van der Waals surface area contributed by atoms with E-state index in [0.717, 1.165) is 5.69 Å². The topological polar surface area (TPSA) is 54.5 Å². The van der Waals surface area contributed by atoms with Gasteiger partial charge in [0.15, 0.2) is 5.69 Å². The van der Waals surface area contributed by atoms with Crippen LogP contribution in [0, 0.1) is 23.7 Å². The molecule has 15 heavy (non-hydrogen) atoms. The third-order valence-corrected chi connectivity index (χ3v) is 1.90. The van der Waals surface area contributed by atoms with E-state index in [1.807, 2.05) is 6.07 Å². The predicted octanol–water partition coefficient (Wildman–Crippen LogP) is 1.12. The van der Waals surface area contributed by atoms with Gasteiger partial charge in [0, 0.05) is 0 Å². The SMILES string of the molecule is C#Cc1cn(-c2ccc(C#N)cc2)nn1. The molecule has 0 N–H and O–H groups in total. The van der Waals surface area contributed by atoms with Crippen molar-refractivity contribution in [3.8, 4) is 24.1 Å². The van der Waals surface area contributed by atoms with Crippen molar-refractivity contribution in [1.29, 1.82) is 5.26 Å². The van der Waals surface area contributed by atoms with Crippen LogP contribution in [0.3, 0.4) is 0 Å². The molecule has 4 nitrogen and oxygen atoms in total. The molecule has 0 fully saturated rings. The third-order valence-electron chi connectivity index (χ3n) is 1.90. The Morgan fingerprint density at radius 3 is 2.53 bits per heavy atom. The second-order valence-electron chi connectivity index (χ2n) is 2.85. The molecule has 0 spiro atoms. The summed E-state index contributed by atoms with van der Waals surface area (Å²) >= 11 is 0. The number of nitrogens with zero attached hydrogens (tertiary/aromatic N) is 4. The van der Waals surface area contributed by atoms with Gasteiger partial charge in [-0.15, -0.1) is 11.5 Å². The fraction of sp³-hybridized carbons (Fsp3) is 0. The Bertz CT molecular complexity index is 552. The first-order valence-electron chi connectivity index (χ1n) is 4.23. The number of aromatic nitrogens is 3. The van der Waals surface area contributed by atoms with Crippen LogP contribution in [-0.2, 0) is 0 Å². The molecule has 0 saturated carbocycles. The molecule has 1 aromatic carbocycles. The van der Waals surface area contributed by atoms with E-state index in [9.17, 15) is 0 Å². The van der Waals surface area contributed by atoms with E-state index >= 15 is 0 Å². The molecule has 4 heteroatoms. The summed E-state index contributed by atoms with van der Waals surface area (Å²) in [6.45, 7) is 0. The molecule has 2 rings (SSSR count). The monoisotopic (exact) mass is 194 g/mol. The van der Waals surface area contributed by atoms with Crippen molar-refractivity contribution >= 4 is 0 Å². The van der Waals surface area contributed by atoms with Crippen molar-refractivity contribution < 1.29 is 0 Å². The molecule has 0 saturated heterocycles. The standard InChI is InChI=1S/C11H6N4/c1-2-10-8-15(14-13-10)11-5-3-9(7-12)4-6-11/h1,3-6,8H. The molecule has 0 aliphatic heterocycles. The van der Waals surface area contributed by atoms with Crippen molar-refractivity contribution in [3.63, 3.8) is 0 Å². The summed E-state index contributed by atoms with van der Waals surface area (Å²) in [6.07, 6.45) is 6.83. The number of hydrogen-bond acceptors (Lipinski definition) is 3. The minimum absolute atomic E-state index is 0.486. The lowest BCUT2D eigenvalue weighted by Crippen LogP contribution is -1.94. The summed E-state index contributed by atoms with van der Waals surface area (Å²) in [7, 11) is 0. The zero-order valence-corrected chi connectivity index (χ0v) is 7.75. The van der Waals surface area contributed by atoms with Gasteiger partial charge < -0.3 is 0 Å². The minimum Gasteiger partial charge on any atom is -0.219 e. The molecule has 0 aliphatic carbocycles.